The molecule has 0 aliphatic heterocycles. The van der Waals surface area contributed by atoms with Crippen LogP contribution in [0.5, 0.6) is 0 Å². The molecule has 0 unspecified atom stereocenters. The maximum atomic E-state index is 12.0. The first-order chi connectivity index (χ1) is 12.0. The van der Waals surface area contributed by atoms with Gasteiger partial charge in [0.1, 0.15) is 0 Å². The zero-order valence-electron chi connectivity index (χ0n) is 14.3. The third-order valence-electron chi connectivity index (χ3n) is 4.41. The summed E-state index contributed by atoms with van der Waals surface area (Å²) in [6.45, 7) is 4.83. The summed E-state index contributed by atoms with van der Waals surface area (Å²) >= 11 is 5.88. The second-order valence-corrected chi connectivity index (χ2v) is 6.92. The highest BCUT2D eigenvalue weighted by Gasteiger charge is 2.21. The van der Waals surface area contributed by atoms with Crippen LogP contribution in [0.4, 0.5) is 5.69 Å². The number of nitrogens with one attached hydrogen (secondary N) is 1. The monoisotopic (exact) mass is 353 g/mol. The van der Waals surface area contributed by atoms with E-state index in [9.17, 15) is 9.59 Å². The van der Waals surface area contributed by atoms with Crippen molar-refractivity contribution in [3.8, 4) is 11.1 Å². The van der Waals surface area contributed by atoms with Crippen LogP contribution in [0.2, 0.25) is 5.02 Å². The van der Waals surface area contributed by atoms with Gasteiger partial charge in [-0.15, -0.1) is 0 Å². The first-order valence-electron chi connectivity index (χ1n) is 8.39. The quantitative estimate of drug-likeness (QED) is 0.669. The van der Waals surface area contributed by atoms with Gasteiger partial charge in [-0.2, -0.15) is 0 Å². The normalized spacial score (nSPS) is 11.2. The number of rotatable bonds is 6. The van der Waals surface area contributed by atoms with Crippen LogP contribution in [-0.2, 0) is 6.42 Å². The molecule has 0 aliphatic carbocycles. The Bertz CT molecular complexity index is 934. The summed E-state index contributed by atoms with van der Waals surface area (Å²) < 4.78 is 0. The average molecular weight is 354 g/mol. The van der Waals surface area contributed by atoms with Gasteiger partial charge < -0.3 is 5.32 Å². The molecule has 0 saturated carbocycles. The molecule has 0 aromatic heterocycles. The number of hydrogen-bond donors (Lipinski definition) is 1. The summed E-state index contributed by atoms with van der Waals surface area (Å²) in [7, 11) is 0. The number of halogens is 1. The zero-order valence-corrected chi connectivity index (χ0v) is 15.1. The Morgan fingerprint density at radius 3 is 2.16 bits per heavy atom. The number of anilines is 1. The lowest BCUT2D eigenvalue weighted by atomic mass is 9.95. The molecule has 0 radical (unpaired) electrons. The lowest BCUT2D eigenvalue weighted by molar-refractivity contribution is 0.867. The highest BCUT2D eigenvalue weighted by Crippen LogP contribution is 2.25. The largest absolute Gasteiger partial charge is 0.381 e. The Labute approximate surface area is 152 Å². The summed E-state index contributed by atoms with van der Waals surface area (Å²) in [5.74, 6) is 0.429. The van der Waals surface area contributed by atoms with E-state index in [1.807, 2.05) is 48.5 Å². The molecule has 0 atom stereocenters. The van der Waals surface area contributed by atoms with Gasteiger partial charge in [0.15, 0.2) is 0 Å². The van der Waals surface area contributed by atoms with Crippen molar-refractivity contribution >= 4 is 17.3 Å². The highest BCUT2D eigenvalue weighted by atomic mass is 35.5. The molecule has 4 heteroatoms. The fourth-order valence-electron chi connectivity index (χ4n) is 2.85. The molecule has 0 amide bonds. The van der Waals surface area contributed by atoms with Gasteiger partial charge in [0.2, 0.25) is 10.9 Å². The van der Waals surface area contributed by atoms with Gasteiger partial charge >= 0.3 is 0 Å². The molecule has 3 nitrogen and oxygen atoms in total. The van der Waals surface area contributed by atoms with Crippen molar-refractivity contribution in [2.45, 2.75) is 26.2 Å². The van der Waals surface area contributed by atoms with Crippen molar-refractivity contribution < 1.29 is 0 Å². The molecule has 25 heavy (non-hydrogen) atoms. The van der Waals surface area contributed by atoms with Gasteiger partial charge in [0.05, 0.1) is 11.3 Å². The van der Waals surface area contributed by atoms with Crippen LogP contribution in [0, 0.1) is 0 Å². The molecule has 0 fully saturated rings. The lowest BCUT2D eigenvalue weighted by Crippen LogP contribution is -2.36. The van der Waals surface area contributed by atoms with Gasteiger partial charge in [0.25, 0.3) is 0 Å². The Balaban J connectivity index is 1.73. The topological polar surface area (TPSA) is 46.2 Å². The SMILES string of the molecule is CC(C)c1ccc(-c2c(NCCc3ccc(Cl)cc3)c(=O)c2=O)cc1. The van der Waals surface area contributed by atoms with E-state index in [1.165, 1.54) is 5.56 Å². The van der Waals surface area contributed by atoms with E-state index >= 15 is 0 Å². The predicted octanol–water partition coefficient (Wildman–Crippen LogP) is 4.38. The molecule has 0 bridgehead atoms. The van der Waals surface area contributed by atoms with Crippen LogP contribution in [0.1, 0.15) is 30.9 Å². The molecule has 3 aromatic carbocycles. The maximum Gasteiger partial charge on any atom is 0.250 e. The van der Waals surface area contributed by atoms with E-state index in [4.69, 9.17) is 11.6 Å². The van der Waals surface area contributed by atoms with Gasteiger partial charge in [-0.25, -0.2) is 0 Å². The minimum absolute atomic E-state index is 0.411. The number of hydrogen-bond acceptors (Lipinski definition) is 3. The van der Waals surface area contributed by atoms with Crippen LogP contribution in [0.15, 0.2) is 58.1 Å². The standard InChI is InChI=1S/C21H20ClNO2/c1-13(2)15-5-7-16(8-6-15)18-19(21(25)20(18)24)23-12-11-14-3-9-17(22)10-4-14/h3-10,13,23H,11-12H2,1-2H3. The minimum atomic E-state index is -0.431. The minimum Gasteiger partial charge on any atom is -0.381 e. The zero-order chi connectivity index (χ0) is 18.0. The van der Waals surface area contributed by atoms with Crippen molar-refractivity contribution in [3.63, 3.8) is 0 Å². The molecule has 3 rings (SSSR count). The third-order valence-corrected chi connectivity index (χ3v) is 4.66. The van der Waals surface area contributed by atoms with Crippen LogP contribution < -0.4 is 16.2 Å². The van der Waals surface area contributed by atoms with E-state index in [1.54, 1.807) is 0 Å². The molecule has 0 heterocycles. The van der Waals surface area contributed by atoms with Gasteiger partial charge in [-0.3, -0.25) is 9.59 Å². The Hall–Kier alpha value is -2.39. The second kappa shape index (κ2) is 7.24. The molecule has 0 spiro atoms. The molecule has 1 N–H and O–H groups in total. The maximum absolute atomic E-state index is 12.0. The first kappa shape index (κ1) is 17.4. The van der Waals surface area contributed by atoms with Gasteiger partial charge in [0, 0.05) is 11.6 Å². The van der Waals surface area contributed by atoms with Crippen LogP contribution >= 0.6 is 11.6 Å². The van der Waals surface area contributed by atoms with Gasteiger partial charge in [-0.1, -0.05) is 61.8 Å². The smallest absolute Gasteiger partial charge is 0.250 e. The molecular formula is C21H20ClNO2. The summed E-state index contributed by atoms with van der Waals surface area (Å²) in [6, 6.07) is 15.4. The predicted molar refractivity (Wildman–Crippen MR) is 105 cm³/mol. The molecule has 0 saturated heterocycles. The highest BCUT2D eigenvalue weighted by molar-refractivity contribution is 6.30. The summed E-state index contributed by atoms with van der Waals surface area (Å²) in [5, 5.41) is 3.82. The van der Waals surface area contributed by atoms with Crippen LogP contribution in [0.3, 0.4) is 0 Å². The van der Waals surface area contributed by atoms with Crippen molar-refractivity contribution in [2.75, 3.05) is 11.9 Å². The Kier molecular flexibility index (Phi) is 5.05. The number of benzene rings is 2. The lowest BCUT2D eigenvalue weighted by Gasteiger charge is -2.14. The van der Waals surface area contributed by atoms with Gasteiger partial charge in [-0.05, 0) is 41.2 Å². The van der Waals surface area contributed by atoms with E-state index < -0.39 is 10.9 Å². The molecule has 3 aromatic rings. The molecule has 0 aliphatic rings. The molecule has 128 valence electrons. The van der Waals surface area contributed by atoms with E-state index in [-0.39, 0.29) is 0 Å². The fraction of sp³-hybridized carbons (Fsp3) is 0.238. The van der Waals surface area contributed by atoms with Crippen molar-refractivity contribution in [2.24, 2.45) is 0 Å². The fourth-order valence-corrected chi connectivity index (χ4v) is 2.98. The van der Waals surface area contributed by atoms with E-state index in [0.29, 0.717) is 28.7 Å². The van der Waals surface area contributed by atoms with E-state index in [2.05, 4.69) is 19.2 Å². The average Bonchev–Trinajstić information content (AvgIpc) is 2.62. The van der Waals surface area contributed by atoms with Crippen molar-refractivity contribution in [1.29, 1.82) is 0 Å². The summed E-state index contributed by atoms with van der Waals surface area (Å²) in [5.41, 5.74) is 3.21. The van der Waals surface area contributed by atoms with E-state index in [0.717, 1.165) is 17.5 Å². The van der Waals surface area contributed by atoms with Crippen molar-refractivity contribution in [1.82, 2.24) is 0 Å². The Morgan fingerprint density at radius 2 is 1.56 bits per heavy atom. The second-order valence-electron chi connectivity index (χ2n) is 6.49. The van der Waals surface area contributed by atoms with Crippen LogP contribution in [0.25, 0.3) is 11.1 Å². The third kappa shape index (κ3) is 3.67. The Morgan fingerprint density at radius 1 is 0.920 bits per heavy atom. The summed E-state index contributed by atoms with van der Waals surface area (Å²) in [4.78, 5) is 23.9. The van der Waals surface area contributed by atoms with Crippen molar-refractivity contribution in [3.05, 3.63) is 85.1 Å². The van der Waals surface area contributed by atoms with Crippen LogP contribution in [-0.4, -0.2) is 6.54 Å². The first-order valence-corrected chi connectivity index (χ1v) is 8.77. The summed E-state index contributed by atoms with van der Waals surface area (Å²) in [6.07, 6.45) is 0.752. The molecular weight excluding hydrogens is 334 g/mol.